The smallest absolute Gasteiger partial charge is 0.193 e. The maximum Gasteiger partial charge on any atom is 0.193 e. The fourth-order valence-corrected chi connectivity index (χ4v) is 8.92. The maximum atomic E-state index is 7.40. The largest absolute Gasteiger partial charge is 0.408 e. The molecule has 10 heteroatoms. The van der Waals surface area contributed by atoms with Crippen LogP contribution < -0.4 is 0 Å². The van der Waals surface area contributed by atoms with Gasteiger partial charge in [0.2, 0.25) is 0 Å². The molecule has 0 N–H and O–H groups in total. The van der Waals surface area contributed by atoms with E-state index in [4.69, 9.17) is 27.5 Å². The van der Waals surface area contributed by atoms with Crippen molar-refractivity contribution in [2.45, 2.75) is 172 Å². The number of ether oxygens (including phenoxy) is 3. The predicted octanol–water partition coefficient (Wildman–Crippen LogP) is 9.07. The molecule has 0 amide bonds. The summed E-state index contributed by atoms with van der Waals surface area (Å²) in [4.78, 5) is 0. The Bertz CT molecular complexity index is 875. The van der Waals surface area contributed by atoms with Crippen molar-refractivity contribution >= 4 is 47.5 Å². The minimum atomic E-state index is -2.24. The van der Waals surface area contributed by atoms with Gasteiger partial charge in [-0.3, -0.25) is 0 Å². The fourth-order valence-electron chi connectivity index (χ4n) is 4.66. The molecule has 0 spiro atoms. The molecule has 2 saturated heterocycles. The lowest BCUT2D eigenvalue weighted by Gasteiger charge is -2.56. The molecule has 0 aliphatic carbocycles. The van der Waals surface area contributed by atoms with Crippen LogP contribution in [0.15, 0.2) is 10.2 Å². The molecular formula is C31H63IO6Si3. The lowest BCUT2D eigenvalue weighted by Crippen LogP contribution is -2.69. The van der Waals surface area contributed by atoms with E-state index in [-0.39, 0.29) is 57.8 Å². The number of hydrogen-bond donors (Lipinski definition) is 0. The highest BCUT2D eigenvalue weighted by Crippen LogP contribution is 2.47. The molecule has 2 heterocycles. The molecule has 0 saturated carbocycles. The minimum Gasteiger partial charge on any atom is -0.408 e. The molecule has 7 atom stereocenters. The summed E-state index contributed by atoms with van der Waals surface area (Å²) < 4.78 is 43.4. The van der Waals surface area contributed by atoms with E-state index < -0.39 is 25.0 Å². The number of hydrogen-bond acceptors (Lipinski definition) is 6. The van der Waals surface area contributed by atoms with Gasteiger partial charge in [0.15, 0.2) is 25.0 Å². The third-order valence-corrected chi connectivity index (χ3v) is 24.3. The van der Waals surface area contributed by atoms with E-state index in [2.05, 4.69) is 134 Å². The highest BCUT2D eigenvalue weighted by atomic mass is 127. The molecule has 6 nitrogen and oxygen atoms in total. The summed E-state index contributed by atoms with van der Waals surface area (Å²) in [6.07, 6.45) is 2.56. The van der Waals surface area contributed by atoms with Crippen LogP contribution in [-0.4, -0.2) is 81.4 Å². The van der Waals surface area contributed by atoms with Crippen molar-refractivity contribution in [2.24, 2.45) is 0 Å². The van der Waals surface area contributed by atoms with E-state index in [9.17, 15) is 0 Å². The number of halogens is 1. The summed E-state index contributed by atoms with van der Waals surface area (Å²) in [6, 6.07) is 0. The van der Waals surface area contributed by atoms with Crippen LogP contribution in [0.1, 0.15) is 75.2 Å². The van der Waals surface area contributed by atoms with Gasteiger partial charge in [-0.2, -0.15) is 0 Å². The van der Waals surface area contributed by atoms with Crippen LogP contribution in [-0.2, 0) is 27.5 Å². The quantitative estimate of drug-likeness (QED) is 0.165. The molecule has 41 heavy (non-hydrogen) atoms. The molecule has 0 aromatic rings. The first kappa shape index (κ1) is 38.1. The Balaban J connectivity index is 2.72. The number of rotatable bonds is 10. The summed E-state index contributed by atoms with van der Waals surface area (Å²) in [6.45, 7) is 35.2. The molecule has 0 aromatic carbocycles. The zero-order chi connectivity index (χ0) is 31.8. The first-order chi connectivity index (χ1) is 18.4. The third kappa shape index (κ3) is 9.22. The lowest BCUT2D eigenvalue weighted by molar-refractivity contribution is -0.269. The Labute approximate surface area is 269 Å². The molecule has 2 fully saturated rings. The average molecular weight is 743 g/mol. The Kier molecular flexibility index (Phi) is 12.7. The molecule has 0 bridgehead atoms. The van der Waals surface area contributed by atoms with Crippen LogP contribution in [0.25, 0.3) is 0 Å². The predicted molar refractivity (Wildman–Crippen MR) is 188 cm³/mol. The van der Waals surface area contributed by atoms with Crippen LogP contribution in [0.2, 0.25) is 54.4 Å². The summed E-state index contributed by atoms with van der Waals surface area (Å²) >= 11 is 2.31. The van der Waals surface area contributed by atoms with Crippen molar-refractivity contribution in [3.8, 4) is 0 Å². The van der Waals surface area contributed by atoms with E-state index in [1.165, 1.54) is 0 Å². The monoisotopic (exact) mass is 742 g/mol. The Morgan fingerprint density at radius 3 is 1.68 bits per heavy atom. The van der Waals surface area contributed by atoms with Gasteiger partial charge in [0.1, 0.15) is 24.4 Å². The molecule has 0 unspecified atom stereocenters. The lowest BCUT2D eigenvalue weighted by atomic mass is 9.88. The van der Waals surface area contributed by atoms with Crippen molar-refractivity contribution in [1.82, 2.24) is 0 Å². The Morgan fingerprint density at radius 2 is 1.24 bits per heavy atom. The normalized spacial score (nSPS) is 30.0. The Morgan fingerprint density at radius 1 is 0.756 bits per heavy atom. The van der Waals surface area contributed by atoms with E-state index in [1.54, 1.807) is 7.11 Å². The second-order valence-corrected chi connectivity index (χ2v) is 31.7. The zero-order valence-corrected chi connectivity index (χ0v) is 34.3. The van der Waals surface area contributed by atoms with Gasteiger partial charge in [0, 0.05) is 7.11 Å². The highest BCUT2D eigenvalue weighted by molar-refractivity contribution is 14.1. The van der Waals surface area contributed by atoms with Gasteiger partial charge in [0.05, 0.1) is 24.9 Å². The standard InChI is InChI=1S/C31H63IO6Si3/c1-29(2,3)39(11,12)36-24(19-20-32)26-28(38-41(15,16)31(7,8)9)27(37-40(13,14)30(4,5)6)25-23(35-26)18-17-22(34-25)21-33-10/h19-20,22-28H,17-18,21H2,1-16H3/t22-,23+,24+,25+,26+,27+,28-/m1/s1. The van der Waals surface area contributed by atoms with Gasteiger partial charge in [-0.15, -0.1) is 0 Å². The van der Waals surface area contributed by atoms with Gasteiger partial charge >= 0.3 is 0 Å². The SMILES string of the molecule is COC[C@H]1CC[C@@H]2O[C@@H]([C@H](C=CI)O[Si](C)(C)C(C)(C)C)[C@@H](O[Si](C)(C)C(C)(C)C)[C@@H](O[Si](C)(C)C(C)(C)C)[C@H]2O1. The van der Waals surface area contributed by atoms with Crippen LogP contribution in [0.5, 0.6) is 0 Å². The van der Waals surface area contributed by atoms with Crippen LogP contribution >= 0.6 is 22.6 Å². The van der Waals surface area contributed by atoms with Crippen molar-refractivity contribution < 1.29 is 27.5 Å². The topological polar surface area (TPSA) is 55.4 Å². The molecular weight excluding hydrogens is 679 g/mol. The van der Waals surface area contributed by atoms with Gasteiger partial charge in [-0.05, 0) is 77.4 Å². The molecule has 0 aromatic heterocycles. The third-order valence-electron chi connectivity index (χ3n) is 10.4. The van der Waals surface area contributed by atoms with Gasteiger partial charge in [-0.25, -0.2) is 0 Å². The van der Waals surface area contributed by atoms with Crippen molar-refractivity contribution in [1.29, 1.82) is 0 Å². The van der Waals surface area contributed by atoms with Crippen molar-refractivity contribution in [3.05, 3.63) is 10.2 Å². The van der Waals surface area contributed by atoms with E-state index >= 15 is 0 Å². The van der Waals surface area contributed by atoms with E-state index in [0.717, 1.165) is 12.8 Å². The van der Waals surface area contributed by atoms with Gasteiger partial charge in [-0.1, -0.05) is 84.9 Å². The summed E-state index contributed by atoms with van der Waals surface area (Å²) in [5, 5.41) is 0.129. The average Bonchev–Trinajstić information content (AvgIpc) is 2.78. The summed E-state index contributed by atoms with van der Waals surface area (Å²) in [7, 11) is -4.85. The number of methoxy groups -OCH3 is 1. The Hall–Kier alpha value is 0.881. The summed E-state index contributed by atoms with van der Waals surface area (Å²) in [5.41, 5.74) is 0. The maximum absolute atomic E-state index is 7.40. The van der Waals surface area contributed by atoms with Gasteiger partial charge in [0.25, 0.3) is 0 Å². The van der Waals surface area contributed by atoms with Crippen LogP contribution in [0, 0.1) is 0 Å². The highest BCUT2D eigenvalue weighted by Gasteiger charge is 2.57. The van der Waals surface area contributed by atoms with Crippen LogP contribution in [0.3, 0.4) is 0 Å². The fraction of sp³-hybridized carbons (Fsp3) is 0.935. The second-order valence-electron chi connectivity index (χ2n) is 16.7. The molecule has 242 valence electrons. The van der Waals surface area contributed by atoms with E-state index in [1.807, 2.05) is 0 Å². The molecule has 2 rings (SSSR count). The minimum absolute atomic E-state index is 0.0222. The molecule has 2 aliphatic rings. The zero-order valence-electron chi connectivity index (χ0n) is 29.1. The molecule has 2 aliphatic heterocycles. The second kappa shape index (κ2) is 13.7. The van der Waals surface area contributed by atoms with Crippen molar-refractivity contribution in [2.75, 3.05) is 13.7 Å². The first-order valence-corrected chi connectivity index (χ1v) is 25.5. The number of fused-ring (bicyclic) bond motifs is 1. The summed E-state index contributed by atoms with van der Waals surface area (Å²) in [5.74, 6) is 0. The van der Waals surface area contributed by atoms with E-state index in [0.29, 0.717) is 6.61 Å². The van der Waals surface area contributed by atoms with Crippen molar-refractivity contribution in [3.63, 3.8) is 0 Å². The van der Waals surface area contributed by atoms with Crippen LogP contribution in [0.4, 0.5) is 0 Å². The van der Waals surface area contributed by atoms with Gasteiger partial charge < -0.3 is 27.5 Å². The molecule has 0 radical (unpaired) electrons. The first-order valence-electron chi connectivity index (χ1n) is 15.5.